The van der Waals surface area contributed by atoms with Crippen molar-refractivity contribution in [3.63, 3.8) is 0 Å². The SMILES string of the molecule is CN1CCC[C@@H](Cc2ccncc2)C1. The molecule has 0 N–H and O–H groups in total. The van der Waals surface area contributed by atoms with Crippen molar-refractivity contribution in [1.29, 1.82) is 0 Å². The predicted molar refractivity (Wildman–Crippen MR) is 58.2 cm³/mol. The minimum Gasteiger partial charge on any atom is -0.306 e. The number of hydrogen-bond donors (Lipinski definition) is 0. The summed E-state index contributed by atoms with van der Waals surface area (Å²) < 4.78 is 0. The smallest absolute Gasteiger partial charge is 0.0270 e. The Hall–Kier alpha value is -0.890. The zero-order valence-electron chi connectivity index (χ0n) is 8.82. The van der Waals surface area contributed by atoms with Gasteiger partial charge in [0.25, 0.3) is 0 Å². The molecule has 1 aliphatic rings. The molecule has 0 unspecified atom stereocenters. The van der Waals surface area contributed by atoms with E-state index in [1.165, 1.54) is 37.9 Å². The van der Waals surface area contributed by atoms with Gasteiger partial charge in [-0.2, -0.15) is 0 Å². The van der Waals surface area contributed by atoms with Crippen molar-refractivity contribution in [1.82, 2.24) is 9.88 Å². The summed E-state index contributed by atoms with van der Waals surface area (Å²) in [6.07, 6.45) is 7.73. The highest BCUT2D eigenvalue weighted by molar-refractivity contribution is 5.10. The highest BCUT2D eigenvalue weighted by Gasteiger charge is 2.16. The van der Waals surface area contributed by atoms with Crippen LogP contribution < -0.4 is 0 Å². The van der Waals surface area contributed by atoms with Gasteiger partial charge < -0.3 is 4.90 Å². The van der Waals surface area contributed by atoms with E-state index in [4.69, 9.17) is 0 Å². The summed E-state index contributed by atoms with van der Waals surface area (Å²) in [5.41, 5.74) is 1.43. The van der Waals surface area contributed by atoms with Crippen molar-refractivity contribution in [2.24, 2.45) is 5.92 Å². The van der Waals surface area contributed by atoms with Crippen LogP contribution >= 0.6 is 0 Å². The molecule has 2 heteroatoms. The molecule has 0 aromatic carbocycles. The predicted octanol–water partition coefficient (Wildman–Crippen LogP) is 1.97. The second-order valence-corrected chi connectivity index (χ2v) is 4.33. The first-order valence-electron chi connectivity index (χ1n) is 5.42. The van der Waals surface area contributed by atoms with Gasteiger partial charge in [0.15, 0.2) is 0 Å². The molecule has 0 bridgehead atoms. The van der Waals surface area contributed by atoms with Crippen molar-refractivity contribution in [2.45, 2.75) is 19.3 Å². The topological polar surface area (TPSA) is 16.1 Å². The number of likely N-dealkylation sites (tertiary alicyclic amines) is 1. The lowest BCUT2D eigenvalue weighted by Crippen LogP contribution is -2.32. The molecule has 1 aromatic rings. The van der Waals surface area contributed by atoms with Gasteiger partial charge in [0.1, 0.15) is 0 Å². The van der Waals surface area contributed by atoms with Crippen LogP contribution in [0.1, 0.15) is 18.4 Å². The van der Waals surface area contributed by atoms with Gasteiger partial charge in [-0.3, -0.25) is 4.98 Å². The second kappa shape index (κ2) is 4.56. The summed E-state index contributed by atoms with van der Waals surface area (Å²) in [6, 6.07) is 4.27. The molecule has 1 fully saturated rings. The van der Waals surface area contributed by atoms with Crippen LogP contribution in [-0.2, 0) is 6.42 Å². The van der Waals surface area contributed by atoms with Gasteiger partial charge in [-0.15, -0.1) is 0 Å². The maximum Gasteiger partial charge on any atom is 0.0270 e. The summed E-state index contributed by atoms with van der Waals surface area (Å²) in [6.45, 7) is 2.52. The molecule has 76 valence electrons. The maximum absolute atomic E-state index is 4.04. The molecule has 1 aromatic heterocycles. The molecule has 2 rings (SSSR count). The van der Waals surface area contributed by atoms with E-state index < -0.39 is 0 Å². The minimum absolute atomic E-state index is 0.844. The van der Waals surface area contributed by atoms with Gasteiger partial charge in [0.05, 0.1) is 0 Å². The molecular formula is C12H18N2. The Balaban J connectivity index is 1.91. The average molecular weight is 190 g/mol. The van der Waals surface area contributed by atoms with Crippen LogP contribution in [0.15, 0.2) is 24.5 Å². The van der Waals surface area contributed by atoms with Crippen molar-refractivity contribution in [2.75, 3.05) is 20.1 Å². The van der Waals surface area contributed by atoms with Crippen LogP contribution in [0.25, 0.3) is 0 Å². The molecule has 1 atom stereocenters. The summed E-state index contributed by atoms with van der Waals surface area (Å²) in [4.78, 5) is 6.48. The maximum atomic E-state index is 4.04. The highest BCUT2D eigenvalue weighted by Crippen LogP contribution is 2.19. The van der Waals surface area contributed by atoms with Gasteiger partial charge in [-0.05, 0) is 56.5 Å². The van der Waals surface area contributed by atoms with Crippen molar-refractivity contribution >= 4 is 0 Å². The van der Waals surface area contributed by atoms with Gasteiger partial charge in [0, 0.05) is 18.9 Å². The second-order valence-electron chi connectivity index (χ2n) is 4.33. The number of nitrogens with zero attached hydrogens (tertiary/aromatic N) is 2. The first-order valence-corrected chi connectivity index (χ1v) is 5.42. The molecule has 14 heavy (non-hydrogen) atoms. The standard InChI is InChI=1S/C12H18N2/c1-14-8-2-3-12(10-14)9-11-4-6-13-7-5-11/h4-7,12H,2-3,8-10H2,1H3/t12-/m0/s1. The van der Waals surface area contributed by atoms with Crippen LogP contribution in [0.3, 0.4) is 0 Å². The van der Waals surface area contributed by atoms with E-state index in [1.807, 2.05) is 12.4 Å². The zero-order chi connectivity index (χ0) is 9.80. The summed E-state index contributed by atoms with van der Waals surface area (Å²) >= 11 is 0. The monoisotopic (exact) mass is 190 g/mol. The number of rotatable bonds is 2. The fourth-order valence-corrected chi connectivity index (χ4v) is 2.29. The van der Waals surface area contributed by atoms with E-state index >= 15 is 0 Å². The fourth-order valence-electron chi connectivity index (χ4n) is 2.29. The largest absolute Gasteiger partial charge is 0.306 e. The van der Waals surface area contributed by atoms with E-state index in [-0.39, 0.29) is 0 Å². The molecule has 0 aliphatic carbocycles. The average Bonchev–Trinajstić information content (AvgIpc) is 2.19. The van der Waals surface area contributed by atoms with Gasteiger partial charge in [-0.25, -0.2) is 0 Å². The Morgan fingerprint density at radius 3 is 2.93 bits per heavy atom. The number of piperidine rings is 1. The number of hydrogen-bond acceptors (Lipinski definition) is 2. The zero-order valence-corrected chi connectivity index (χ0v) is 8.82. The molecule has 1 aliphatic heterocycles. The van der Waals surface area contributed by atoms with E-state index in [9.17, 15) is 0 Å². The van der Waals surface area contributed by atoms with Crippen LogP contribution in [0.4, 0.5) is 0 Å². The van der Waals surface area contributed by atoms with Gasteiger partial charge in [0.2, 0.25) is 0 Å². The molecular weight excluding hydrogens is 172 g/mol. The molecule has 0 spiro atoms. The third-order valence-electron chi connectivity index (χ3n) is 3.00. The third-order valence-corrected chi connectivity index (χ3v) is 3.00. The Bertz CT molecular complexity index is 271. The lowest BCUT2D eigenvalue weighted by Gasteiger charge is -2.29. The lowest BCUT2D eigenvalue weighted by atomic mass is 9.92. The lowest BCUT2D eigenvalue weighted by molar-refractivity contribution is 0.209. The Morgan fingerprint density at radius 1 is 1.43 bits per heavy atom. The Labute approximate surface area is 86.0 Å². The Morgan fingerprint density at radius 2 is 2.21 bits per heavy atom. The van der Waals surface area contributed by atoms with Crippen LogP contribution in [0.5, 0.6) is 0 Å². The molecule has 2 nitrogen and oxygen atoms in total. The van der Waals surface area contributed by atoms with Crippen molar-refractivity contribution in [3.05, 3.63) is 30.1 Å². The molecule has 1 saturated heterocycles. The van der Waals surface area contributed by atoms with Crippen LogP contribution in [0, 0.1) is 5.92 Å². The Kier molecular flexibility index (Phi) is 3.14. The summed E-state index contributed by atoms with van der Waals surface area (Å²) in [5.74, 6) is 0.844. The molecule has 0 amide bonds. The first kappa shape index (κ1) is 9.66. The molecule has 0 saturated carbocycles. The fraction of sp³-hybridized carbons (Fsp3) is 0.583. The van der Waals surface area contributed by atoms with Crippen molar-refractivity contribution in [3.8, 4) is 0 Å². The first-order chi connectivity index (χ1) is 6.84. The highest BCUT2D eigenvalue weighted by atomic mass is 15.1. The molecule has 0 radical (unpaired) electrons. The quantitative estimate of drug-likeness (QED) is 0.708. The summed E-state index contributed by atoms with van der Waals surface area (Å²) in [7, 11) is 2.22. The van der Waals surface area contributed by atoms with E-state index in [2.05, 4.69) is 29.1 Å². The third kappa shape index (κ3) is 2.55. The number of aromatic nitrogens is 1. The van der Waals surface area contributed by atoms with Crippen molar-refractivity contribution < 1.29 is 0 Å². The summed E-state index contributed by atoms with van der Waals surface area (Å²) in [5, 5.41) is 0. The van der Waals surface area contributed by atoms with E-state index in [0.29, 0.717) is 0 Å². The van der Waals surface area contributed by atoms with E-state index in [0.717, 1.165) is 5.92 Å². The molecule has 2 heterocycles. The van der Waals surface area contributed by atoms with Crippen LogP contribution in [-0.4, -0.2) is 30.0 Å². The minimum atomic E-state index is 0.844. The normalized spacial score (nSPS) is 23.6. The van der Waals surface area contributed by atoms with Crippen LogP contribution in [0.2, 0.25) is 0 Å². The number of pyridine rings is 1. The van der Waals surface area contributed by atoms with Gasteiger partial charge >= 0.3 is 0 Å². The van der Waals surface area contributed by atoms with Gasteiger partial charge in [-0.1, -0.05) is 0 Å². The van der Waals surface area contributed by atoms with E-state index in [1.54, 1.807) is 0 Å².